The highest BCUT2D eigenvalue weighted by molar-refractivity contribution is 7.09. The Hall–Kier alpha value is -0.450. The van der Waals surface area contributed by atoms with E-state index in [0.29, 0.717) is 6.04 Å². The van der Waals surface area contributed by atoms with Gasteiger partial charge >= 0.3 is 0 Å². The van der Waals surface area contributed by atoms with Gasteiger partial charge in [0.25, 0.3) is 0 Å². The standard InChI is InChI=1S/C10H19N3S/c1-8(11)3-5-12-6-4-10-13-9(2)7-14-10/h7-8,12H,3-6,11H2,1-2H3. The van der Waals surface area contributed by atoms with E-state index in [1.165, 1.54) is 5.01 Å². The van der Waals surface area contributed by atoms with Crippen LogP contribution in [-0.4, -0.2) is 24.1 Å². The summed E-state index contributed by atoms with van der Waals surface area (Å²) in [5.41, 5.74) is 6.76. The van der Waals surface area contributed by atoms with E-state index in [9.17, 15) is 0 Å². The van der Waals surface area contributed by atoms with Gasteiger partial charge in [0, 0.05) is 30.1 Å². The Balaban J connectivity index is 2.04. The maximum Gasteiger partial charge on any atom is 0.0940 e. The van der Waals surface area contributed by atoms with Crippen molar-refractivity contribution in [1.29, 1.82) is 0 Å². The third kappa shape index (κ3) is 4.69. The van der Waals surface area contributed by atoms with Gasteiger partial charge in [0.1, 0.15) is 0 Å². The zero-order chi connectivity index (χ0) is 10.4. The molecule has 3 nitrogen and oxygen atoms in total. The van der Waals surface area contributed by atoms with E-state index in [2.05, 4.69) is 15.7 Å². The first-order valence-electron chi connectivity index (χ1n) is 5.06. The number of hydrogen-bond acceptors (Lipinski definition) is 4. The molecular formula is C10H19N3S. The van der Waals surface area contributed by atoms with Gasteiger partial charge in [-0.2, -0.15) is 0 Å². The van der Waals surface area contributed by atoms with E-state index in [4.69, 9.17) is 5.73 Å². The van der Waals surface area contributed by atoms with E-state index in [-0.39, 0.29) is 0 Å². The molecule has 0 aliphatic rings. The number of aryl methyl sites for hydroxylation is 1. The van der Waals surface area contributed by atoms with Gasteiger partial charge in [-0.05, 0) is 26.8 Å². The minimum absolute atomic E-state index is 0.296. The van der Waals surface area contributed by atoms with Crippen LogP contribution in [0.1, 0.15) is 24.0 Å². The summed E-state index contributed by atoms with van der Waals surface area (Å²) < 4.78 is 0. The lowest BCUT2D eigenvalue weighted by atomic mass is 10.2. The van der Waals surface area contributed by atoms with E-state index >= 15 is 0 Å². The second kappa shape index (κ2) is 6.11. The third-order valence-electron chi connectivity index (χ3n) is 1.96. The first-order chi connectivity index (χ1) is 6.68. The van der Waals surface area contributed by atoms with Gasteiger partial charge in [-0.1, -0.05) is 0 Å². The van der Waals surface area contributed by atoms with Crippen molar-refractivity contribution >= 4 is 11.3 Å². The van der Waals surface area contributed by atoms with Crippen LogP contribution in [0.5, 0.6) is 0 Å². The summed E-state index contributed by atoms with van der Waals surface area (Å²) >= 11 is 1.74. The zero-order valence-corrected chi connectivity index (χ0v) is 9.73. The van der Waals surface area contributed by atoms with Crippen molar-refractivity contribution in [2.75, 3.05) is 13.1 Å². The number of nitrogens with two attached hydrogens (primary N) is 1. The normalized spacial score (nSPS) is 13.1. The monoisotopic (exact) mass is 213 g/mol. The second-order valence-electron chi connectivity index (χ2n) is 3.65. The molecule has 80 valence electrons. The van der Waals surface area contributed by atoms with Crippen LogP contribution in [-0.2, 0) is 6.42 Å². The van der Waals surface area contributed by atoms with Gasteiger partial charge in [-0.15, -0.1) is 11.3 Å². The van der Waals surface area contributed by atoms with E-state index in [0.717, 1.165) is 31.6 Å². The van der Waals surface area contributed by atoms with Gasteiger partial charge in [0.05, 0.1) is 5.01 Å². The zero-order valence-electron chi connectivity index (χ0n) is 8.92. The molecule has 0 aliphatic heterocycles. The van der Waals surface area contributed by atoms with Crippen LogP contribution in [0.15, 0.2) is 5.38 Å². The first-order valence-corrected chi connectivity index (χ1v) is 5.93. The summed E-state index contributed by atoms with van der Waals surface area (Å²) in [6.07, 6.45) is 2.06. The van der Waals surface area contributed by atoms with Crippen LogP contribution >= 0.6 is 11.3 Å². The van der Waals surface area contributed by atoms with E-state index in [1.54, 1.807) is 11.3 Å². The fourth-order valence-corrected chi connectivity index (χ4v) is 1.94. The average Bonchev–Trinajstić information content (AvgIpc) is 2.50. The molecule has 1 rings (SSSR count). The molecule has 14 heavy (non-hydrogen) atoms. The predicted octanol–water partition coefficient (Wildman–Crippen LogP) is 1.32. The molecule has 0 spiro atoms. The van der Waals surface area contributed by atoms with Crippen molar-refractivity contribution in [3.63, 3.8) is 0 Å². The van der Waals surface area contributed by atoms with Crippen LogP contribution in [0.2, 0.25) is 0 Å². The maximum atomic E-state index is 5.64. The minimum Gasteiger partial charge on any atom is -0.328 e. The molecule has 3 N–H and O–H groups in total. The molecule has 0 aliphatic carbocycles. The highest BCUT2D eigenvalue weighted by Gasteiger charge is 1.98. The van der Waals surface area contributed by atoms with Gasteiger partial charge in [0.2, 0.25) is 0 Å². The largest absolute Gasteiger partial charge is 0.328 e. The van der Waals surface area contributed by atoms with Crippen molar-refractivity contribution in [2.24, 2.45) is 5.73 Å². The van der Waals surface area contributed by atoms with Crippen molar-refractivity contribution < 1.29 is 0 Å². The minimum atomic E-state index is 0.296. The van der Waals surface area contributed by atoms with Crippen LogP contribution in [0.3, 0.4) is 0 Å². The van der Waals surface area contributed by atoms with Gasteiger partial charge < -0.3 is 11.1 Å². The predicted molar refractivity (Wildman–Crippen MR) is 61.7 cm³/mol. The van der Waals surface area contributed by atoms with E-state index in [1.807, 2.05) is 13.8 Å². The number of nitrogens with zero attached hydrogens (tertiary/aromatic N) is 1. The summed E-state index contributed by atoms with van der Waals surface area (Å²) in [7, 11) is 0. The molecule has 0 radical (unpaired) electrons. The molecule has 1 aromatic rings. The number of nitrogens with one attached hydrogen (secondary N) is 1. The van der Waals surface area contributed by atoms with Crippen molar-refractivity contribution in [1.82, 2.24) is 10.3 Å². The molecule has 1 aromatic heterocycles. The Morgan fingerprint density at radius 3 is 2.93 bits per heavy atom. The third-order valence-corrected chi connectivity index (χ3v) is 2.99. The molecule has 0 fully saturated rings. The summed E-state index contributed by atoms with van der Waals surface area (Å²) in [4.78, 5) is 4.40. The highest BCUT2D eigenvalue weighted by Crippen LogP contribution is 2.08. The molecule has 0 amide bonds. The Labute approximate surface area is 89.7 Å². The Kier molecular flexibility index (Phi) is 5.07. The van der Waals surface area contributed by atoms with Gasteiger partial charge in [-0.25, -0.2) is 4.98 Å². The van der Waals surface area contributed by atoms with Crippen LogP contribution in [0.4, 0.5) is 0 Å². The SMILES string of the molecule is Cc1csc(CCNCCC(C)N)n1. The van der Waals surface area contributed by atoms with Crippen molar-refractivity contribution in [2.45, 2.75) is 32.7 Å². The van der Waals surface area contributed by atoms with E-state index < -0.39 is 0 Å². The maximum absolute atomic E-state index is 5.64. The Morgan fingerprint density at radius 2 is 2.36 bits per heavy atom. The lowest BCUT2D eigenvalue weighted by molar-refractivity contribution is 0.589. The molecule has 1 heterocycles. The first kappa shape index (κ1) is 11.6. The molecule has 0 bridgehead atoms. The molecule has 1 atom stereocenters. The molecule has 4 heteroatoms. The quantitative estimate of drug-likeness (QED) is 0.701. The molecular weight excluding hydrogens is 194 g/mol. The second-order valence-corrected chi connectivity index (χ2v) is 4.59. The molecule has 0 saturated heterocycles. The lowest BCUT2D eigenvalue weighted by Gasteiger charge is -2.05. The summed E-state index contributed by atoms with van der Waals surface area (Å²) in [6, 6.07) is 0.296. The molecule has 0 aromatic carbocycles. The van der Waals surface area contributed by atoms with Crippen LogP contribution in [0.25, 0.3) is 0 Å². The van der Waals surface area contributed by atoms with Gasteiger partial charge in [-0.3, -0.25) is 0 Å². The Bertz CT molecular complexity index is 258. The smallest absolute Gasteiger partial charge is 0.0940 e. The number of hydrogen-bond donors (Lipinski definition) is 2. The average molecular weight is 213 g/mol. The van der Waals surface area contributed by atoms with Gasteiger partial charge in [0.15, 0.2) is 0 Å². The van der Waals surface area contributed by atoms with Crippen molar-refractivity contribution in [3.8, 4) is 0 Å². The number of thiazole rings is 1. The lowest BCUT2D eigenvalue weighted by Crippen LogP contribution is -2.25. The Morgan fingerprint density at radius 1 is 1.57 bits per heavy atom. The summed E-state index contributed by atoms with van der Waals surface area (Å²) in [5, 5.41) is 6.67. The van der Waals surface area contributed by atoms with Crippen LogP contribution < -0.4 is 11.1 Å². The fourth-order valence-electron chi connectivity index (χ4n) is 1.17. The summed E-state index contributed by atoms with van der Waals surface area (Å²) in [5.74, 6) is 0. The topological polar surface area (TPSA) is 50.9 Å². The number of aromatic nitrogens is 1. The molecule has 1 unspecified atom stereocenters. The fraction of sp³-hybridized carbons (Fsp3) is 0.700. The molecule has 0 saturated carbocycles. The van der Waals surface area contributed by atoms with Crippen molar-refractivity contribution in [3.05, 3.63) is 16.1 Å². The van der Waals surface area contributed by atoms with Crippen LogP contribution in [0, 0.1) is 6.92 Å². The number of rotatable bonds is 6. The summed E-state index contributed by atoms with van der Waals surface area (Å²) in [6.45, 7) is 6.07. The highest BCUT2D eigenvalue weighted by atomic mass is 32.1.